The molecule has 0 bridgehead atoms. The van der Waals surface area contributed by atoms with Gasteiger partial charge in [-0.2, -0.15) is 0 Å². The highest BCUT2D eigenvalue weighted by Crippen LogP contribution is 2.43. The van der Waals surface area contributed by atoms with Crippen molar-refractivity contribution in [3.05, 3.63) is 124 Å². The van der Waals surface area contributed by atoms with E-state index in [0.717, 1.165) is 28.9 Å². The number of carbonyl (C=O) groups is 6. The number of benzene rings is 5. The summed E-state index contributed by atoms with van der Waals surface area (Å²) in [6.07, 6.45) is 4.81. The molecule has 5 aromatic rings. The lowest BCUT2D eigenvalue weighted by Crippen LogP contribution is -2.50. The molecular formula is C55H57N7O10. The Morgan fingerprint density at radius 1 is 0.694 bits per heavy atom. The molecular weight excluding hydrogens is 919 g/mol. The van der Waals surface area contributed by atoms with Gasteiger partial charge in [-0.05, 0) is 105 Å². The number of anilines is 4. The van der Waals surface area contributed by atoms with E-state index in [1.165, 1.54) is 35.0 Å². The highest BCUT2D eigenvalue weighted by atomic mass is 16.5. The van der Waals surface area contributed by atoms with Gasteiger partial charge < -0.3 is 49.9 Å². The van der Waals surface area contributed by atoms with Crippen LogP contribution >= 0.6 is 0 Å². The summed E-state index contributed by atoms with van der Waals surface area (Å²) in [5.74, 6) is -0.290. The Morgan fingerprint density at radius 2 is 1.29 bits per heavy atom. The summed E-state index contributed by atoms with van der Waals surface area (Å²) < 4.78 is 24.4. The van der Waals surface area contributed by atoms with Crippen LogP contribution in [-0.2, 0) is 45.2 Å². The molecule has 72 heavy (non-hydrogen) atoms. The molecule has 17 nitrogen and oxygen atoms in total. The molecule has 4 aliphatic rings. The fraction of sp³-hybridized carbons (Fsp3) is 0.327. The molecule has 4 N–H and O–H groups in total. The molecule has 0 fully saturated rings. The third-order valence-corrected chi connectivity index (χ3v) is 13.3. The summed E-state index contributed by atoms with van der Waals surface area (Å²) >= 11 is 0. The Balaban J connectivity index is 0.939. The van der Waals surface area contributed by atoms with Gasteiger partial charge in [0, 0.05) is 61.2 Å². The van der Waals surface area contributed by atoms with Crippen LogP contribution in [0.25, 0.3) is 0 Å². The number of nitrogens with zero attached hydrogens (tertiary/aromatic N) is 3. The second kappa shape index (κ2) is 21.0. The van der Waals surface area contributed by atoms with Crippen molar-refractivity contribution in [2.75, 3.05) is 41.2 Å². The van der Waals surface area contributed by atoms with Gasteiger partial charge in [-0.1, -0.05) is 36.4 Å². The minimum absolute atomic E-state index is 0.0000288. The summed E-state index contributed by atoms with van der Waals surface area (Å²) in [6.45, 7) is 5.09. The van der Waals surface area contributed by atoms with Crippen LogP contribution in [0.15, 0.2) is 96.0 Å². The van der Waals surface area contributed by atoms with E-state index in [0.29, 0.717) is 94.5 Å². The molecule has 4 atom stereocenters. The number of unbranched alkanes of at least 4 members (excludes halogenated alkanes) is 1. The van der Waals surface area contributed by atoms with Crippen molar-refractivity contribution in [1.29, 1.82) is 0 Å². The number of nitrogens with one attached hydrogen (secondary N) is 4. The maximum absolute atomic E-state index is 14.1. The Kier molecular flexibility index (Phi) is 14.2. The van der Waals surface area contributed by atoms with Crippen LogP contribution < -0.4 is 50.0 Å². The number of aliphatic imine (C=N–C) groups is 1. The fourth-order valence-electron chi connectivity index (χ4n) is 9.62. The van der Waals surface area contributed by atoms with Gasteiger partial charge >= 0.3 is 0 Å². The lowest BCUT2D eigenvalue weighted by molar-refractivity contribution is -0.130. The summed E-state index contributed by atoms with van der Waals surface area (Å²) in [4.78, 5) is 87.1. The average Bonchev–Trinajstić information content (AvgIpc) is 3.86. The topological polar surface area (TPSA) is 206 Å². The molecule has 0 aliphatic carbocycles. The fourth-order valence-corrected chi connectivity index (χ4v) is 9.62. The van der Waals surface area contributed by atoms with E-state index < -0.39 is 23.9 Å². The summed E-state index contributed by atoms with van der Waals surface area (Å²) in [7, 11) is 3.01. The quantitative estimate of drug-likeness (QED) is 0.0644. The Labute approximate surface area is 417 Å². The Hall–Kier alpha value is -8.21. The summed E-state index contributed by atoms with van der Waals surface area (Å²) in [6, 6.07) is 25.6. The van der Waals surface area contributed by atoms with Crippen molar-refractivity contribution in [2.45, 2.75) is 96.7 Å². The molecule has 0 radical (unpaired) electrons. The molecule has 5 amide bonds. The van der Waals surface area contributed by atoms with Crippen LogP contribution in [0, 0.1) is 0 Å². The van der Waals surface area contributed by atoms with Gasteiger partial charge in [-0.15, -0.1) is 0 Å². The van der Waals surface area contributed by atoms with E-state index in [9.17, 15) is 28.8 Å². The molecule has 17 heteroatoms. The monoisotopic (exact) mass is 975 g/mol. The zero-order valence-electron chi connectivity index (χ0n) is 40.8. The van der Waals surface area contributed by atoms with Crippen molar-refractivity contribution in [3.8, 4) is 23.0 Å². The molecule has 0 unspecified atom stereocenters. The first-order chi connectivity index (χ1) is 34.8. The first-order valence-corrected chi connectivity index (χ1v) is 24.1. The van der Waals surface area contributed by atoms with Gasteiger partial charge in [0.15, 0.2) is 23.0 Å². The highest BCUT2D eigenvalue weighted by molar-refractivity contribution is 6.15. The van der Waals surface area contributed by atoms with Crippen molar-refractivity contribution < 1.29 is 47.7 Å². The molecule has 4 aliphatic heterocycles. The first kappa shape index (κ1) is 48.8. The number of para-hydroxylation sites is 2. The van der Waals surface area contributed by atoms with E-state index >= 15 is 0 Å². The van der Waals surface area contributed by atoms with Gasteiger partial charge in [0.1, 0.15) is 31.1 Å². The minimum Gasteiger partial charge on any atom is -0.493 e. The molecule has 0 saturated heterocycles. The van der Waals surface area contributed by atoms with Gasteiger partial charge in [-0.25, -0.2) is 0 Å². The highest BCUT2D eigenvalue weighted by Gasteiger charge is 2.39. The zero-order chi connectivity index (χ0) is 50.6. The number of fused-ring (bicyclic) bond motifs is 8. The second-order valence-corrected chi connectivity index (χ2v) is 18.5. The molecule has 372 valence electrons. The van der Waals surface area contributed by atoms with E-state index in [4.69, 9.17) is 23.9 Å². The predicted octanol–water partition coefficient (Wildman–Crippen LogP) is 7.24. The summed E-state index contributed by atoms with van der Waals surface area (Å²) in [5.41, 5.74) is 7.44. The molecule has 9 rings (SSSR count). The number of carbonyl (C=O) groups excluding carboxylic acids is 6. The van der Waals surface area contributed by atoms with Crippen molar-refractivity contribution in [2.24, 2.45) is 4.99 Å². The van der Waals surface area contributed by atoms with Gasteiger partial charge in [0.05, 0.1) is 48.8 Å². The van der Waals surface area contributed by atoms with E-state index in [1.807, 2.05) is 59.5 Å². The number of ether oxygens (including phenoxy) is 4. The van der Waals surface area contributed by atoms with E-state index in [1.54, 1.807) is 47.5 Å². The number of hydrogen-bond acceptors (Lipinski definition) is 12. The third kappa shape index (κ3) is 10.3. The van der Waals surface area contributed by atoms with E-state index in [2.05, 4.69) is 21.3 Å². The van der Waals surface area contributed by atoms with Gasteiger partial charge in [-0.3, -0.25) is 33.9 Å². The van der Waals surface area contributed by atoms with Gasteiger partial charge in [0.25, 0.3) is 11.8 Å². The second-order valence-electron chi connectivity index (χ2n) is 18.5. The van der Waals surface area contributed by atoms with E-state index in [-0.39, 0.29) is 55.2 Å². The average molecular weight is 976 g/mol. The smallest absolute Gasteiger partial charge is 0.261 e. The van der Waals surface area contributed by atoms with Crippen LogP contribution in [0.4, 0.5) is 28.4 Å². The number of amides is 5. The molecule has 0 aromatic heterocycles. The van der Waals surface area contributed by atoms with Crippen molar-refractivity contribution >= 4 is 70.0 Å². The molecule has 4 heterocycles. The number of hydrogen-bond donors (Lipinski definition) is 4. The Bertz CT molecular complexity index is 3010. The maximum Gasteiger partial charge on any atom is 0.261 e. The number of Topliss-reactive ketones (excluding diaryl/α,β-unsaturated/α-hetero) is 1. The molecule has 0 spiro atoms. The van der Waals surface area contributed by atoms with Crippen LogP contribution in [0.5, 0.6) is 23.0 Å². The SMILES string of the molecule is COc1cc2c(cc1OCc1cc(COc3cc4c(cc3OC)C(=O)N3c5ccccc5C[C@H]3CN4)cc(NC(=O)[C@H](C)NC(=O)[C@@H](C)NC(=O)CCCCC(C)=O)c1)N=C[C@@H]1Cc3ccccc3N1C2=O. The van der Waals surface area contributed by atoms with Crippen LogP contribution in [0.2, 0.25) is 0 Å². The third-order valence-electron chi connectivity index (χ3n) is 13.3. The van der Waals surface area contributed by atoms with Crippen LogP contribution in [0.1, 0.15) is 89.4 Å². The lowest BCUT2D eigenvalue weighted by atomic mass is 10.1. The lowest BCUT2D eigenvalue weighted by Gasteiger charge is -2.22. The summed E-state index contributed by atoms with van der Waals surface area (Å²) in [5, 5.41) is 11.7. The standard InChI is InChI=1S/C55H57N7O10/c1-31(63)12-6-11-17-51(64)58-32(2)52(65)59-33(3)53(66)60-38-19-34(29-71-49-25-43-41(23-47(49)69-4)54(67)61-39(27-56-43)21-36-13-7-9-15-45(36)61)18-35(20-38)30-72-50-26-44-42(24-48(50)70-5)55(68)62-40(28-57-44)22-37-14-8-10-16-46(37)62/h7-10,13-16,18-20,23-27,32-33,39-40,57H,6,11-12,17,21-22,28-30H2,1-5H3,(H,58,64)(H,59,65)(H,60,66)/t32-,33+,39+,40+/m1/s1. The number of methoxy groups -OCH3 is 2. The van der Waals surface area contributed by atoms with Gasteiger partial charge in [0.2, 0.25) is 17.7 Å². The van der Waals surface area contributed by atoms with Crippen molar-refractivity contribution in [1.82, 2.24) is 10.6 Å². The number of ketones is 1. The van der Waals surface area contributed by atoms with Crippen molar-refractivity contribution in [3.63, 3.8) is 0 Å². The van der Waals surface area contributed by atoms with Crippen LogP contribution in [-0.4, -0.2) is 86.5 Å². The first-order valence-electron chi connectivity index (χ1n) is 24.1. The predicted molar refractivity (Wildman–Crippen MR) is 272 cm³/mol. The maximum atomic E-state index is 14.1. The molecule has 0 saturated carbocycles. The largest absolute Gasteiger partial charge is 0.493 e. The normalized spacial score (nSPS) is 16.7. The minimum atomic E-state index is -1.01. The zero-order valence-corrected chi connectivity index (χ0v) is 40.8. The number of rotatable bonds is 18. The van der Waals surface area contributed by atoms with Crippen LogP contribution in [0.3, 0.4) is 0 Å². The Morgan fingerprint density at radius 3 is 1.97 bits per heavy atom. The molecule has 5 aromatic carbocycles.